The molecular weight excluding hydrogens is 496 g/mol. The van der Waals surface area contributed by atoms with Crippen molar-refractivity contribution in [2.24, 2.45) is 0 Å². The zero-order valence-electron chi connectivity index (χ0n) is 22.3. The highest BCUT2D eigenvalue weighted by molar-refractivity contribution is 6.29. The Morgan fingerprint density at radius 2 is 0.902 bits per heavy atom. The Morgan fingerprint density at radius 3 is 1.61 bits per heavy atom. The first-order valence-corrected chi connectivity index (χ1v) is 14.1. The minimum Gasteiger partial charge on any atom is -0.456 e. The largest absolute Gasteiger partial charge is 0.456 e. The van der Waals surface area contributed by atoms with Gasteiger partial charge in [-0.25, -0.2) is 0 Å². The van der Waals surface area contributed by atoms with Crippen LogP contribution in [0.5, 0.6) is 0 Å². The lowest BCUT2D eigenvalue weighted by Crippen LogP contribution is -1.93. The summed E-state index contributed by atoms with van der Waals surface area (Å²) in [5.74, 6) is 0. The van der Waals surface area contributed by atoms with E-state index in [4.69, 9.17) is 4.42 Å². The SMILES string of the molecule is c1ccc(-c2ccccc2-c2c3ccccc3c(-c3ccc4oc5cccc6ccc3c4c65)c3ccccc23)cc1. The van der Waals surface area contributed by atoms with Crippen LogP contribution in [0.1, 0.15) is 0 Å². The first-order chi connectivity index (χ1) is 20.4. The van der Waals surface area contributed by atoms with E-state index in [-0.39, 0.29) is 0 Å². The summed E-state index contributed by atoms with van der Waals surface area (Å²) in [5, 5.41) is 9.90. The highest BCUT2D eigenvalue weighted by Crippen LogP contribution is 2.48. The predicted octanol–water partition coefficient (Wildman–Crippen LogP) is 11.5. The lowest BCUT2D eigenvalue weighted by Gasteiger charge is -2.20. The highest BCUT2D eigenvalue weighted by atomic mass is 16.3. The van der Waals surface area contributed by atoms with Gasteiger partial charge in [-0.15, -0.1) is 0 Å². The molecule has 0 amide bonds. The Balaban J connectivity index is 1.44. The average Bonchev–Trinajstić information content (AvgIpc) is 3.43. The van der Waals surface area contributed by atoms with Crippen molar-refractivity contribution >= 4 is 54.3 Å². The summed E-state index contributed by atoms with van der Waals surface area (Å²) in [7, 11) is 0. The molecule has 0 atom stereocenters. The zero-order chi connectivity index (χ0) is 26.9. The second-order valence-corrected chi connectivity index (χ2v) is 10.8. The summed E-state index contributed by atoms with van der Waals surface area (Å²) in [5.41, 5.74) is 9.39. The van der Waals surface area contributed by atoms with E-state index in [2.05, 4.69) is 146 Å². The smallest absolute Gasteiger partial charge is 0.136 e. The molecule has 1 nitrogen and oxygen atoms in total. The van der Waals surface area contributed by atoms with Gasteiger partial charge >= 0.3 is 0 Å². The number of hydrogen-bond donors (Lipinski definition) is 0. The maximum Gasteiger partial charge on any atom is 0.136 e. The van der Waals surface area contributed by atoms with Crippen LogP contribution in [-0.2, 0) is 0 Å². The third-order valence-electron chi connectivity index (χ3n) is 8.65. The molecule has 190 valence electrons. The van der Waals surface area contributed by atoms with E-state index < -0.39 is 0 Å². The number of benzene rings is 8. The maximum atomic E-state index is 6.31. The molecule has 0 N–H and O–H groups in total. The number of rotatable bonds is 3. The molecule has 0 spiro atoms. The van der Waals surface area contributed by atoms with Gasteiger partial charge in [-0.3, -0.25) is 0 Å². The van der Waals surface area contributed by atoms with Crippen molar-refractivity contribution in [3.8, 4) is 33.4 Å². The lowest BCUT2D eigenvalue weighted by molar-refractivity contribution is 0.669. The molecule has 1 aromatic heterocycles. The first kappa shape index (κ1) is 22.4. The number of hydrogen-bond acceptors (Lipinski definition) is 1. The first-order valence-electron chi connectivity index (χ1n) is 14.1. The Hall–Kier alpha value is -5.40. The Bertz CT molecular complexity index is 2350. The Morgan fingerprint density at radius 1 is 0.317 bits per heavy atom. The van der Waals surface area contributed by atoms with Crippen LogP contribution in [0.15, 0.2) is 150 Å². The van der Waals surface area contributed by atoms with E-state index in [1.807, 2.05) is 0 Å². The minimum atomic E-state index is 0.942. The third-order valence-corrected chi connectivity index (χ3v) is 8.65. The minimum absolute atomic E-state index is 0.942. The molecule has 9 rings (SSSR count). The number of fused-ring (bicyclic) bond motifs is 2. The summed E-state index contributed by atoms with van der Waals surface area (Å²) < 4.78 is 6.31. The van der Waals surface area contributed by atoms with Crippen LogP contribution < -0.4 is 0 Å². The molecule has 0 saturated heterocycles. The number of furan rings is 1. The lowest BCUT2D eigenvalue weighted by atomic mass is 9.83. The molecule has 1 heterocycles. The molecule has 1 heteroatoms. The maximum absolute atomic E-state index is 6.31. The molecule has 0 radical (unpaired) electrons. The van der Waals surface area contributed by atoms with Crippen LogP contribution in [0.3, 0.4) is 0 Å². The summed E-state index contributed by atoms with van der Waals surface area (Å²) >= 11 is 0. The summed E-state index contributed by atoms with van der Waals surface area (Å²) in [6, 6.07) is 52.6. The van der Waals surface area contributed by atoms with Gasteiger partial charge in [0.2, 0.25) is 0 Å². The topological polar surface area (TPSA) is 13.1 Å². The molecule has 0 saturated carbocycles. The standard InChI is InChI=1S/C40H24O/c1-2-11-25(12-3-1)27-14-4-5-15-28(27)38-29-16-6-8-18-31(29)39(32-19-9-7-17-30(32)38)33-23-24-36-40-34(33)22-21-26-13-10-20-35(41-36)37(26)40/h1-24H. The highest BCUT2D eigenvalue weighted by Gasteiger charge is 2.21. The second-order valence-electron chi connectivity index (χ2n) is 10.8. The fraction of sp³-hybridized carbons (Fsp3) is 0. The van der Waals surface area contributed by atoms with Crippen molar-refractivity contribution in [3.05, 3.63) is 146 Å². The van der Waals surface area contributed by atoms with Gasteiger partial charge in [0.15, 0.2) is 0 Å². The molecule has 0 aliphatic rings. The monoisotopic (exact) mass is 520 g/mol. The molecule has 0 fully saturated rings. The van der Waals surface area contributed by atoms with Gasteiger partial charge in [0.1, 0.15) is 11.2 Å². The fourth-order valence-corrected chi connectivity index (χ4v) is 6.94. The van der Waals surface area contributed by atoms with Gasteiger partial charge in [-0.1, -0.05) is 127 Å². The van der Waals surface area contributed by atoms with E-state index in [0.29, 0.717) is 0 Å². The van der Waals surface area contributed by atoms with Crippen LogP contribution in [0.4, 0.5) is 0 Å². The molecule has 0 bridgehead atoms. The third kappa shape index (κ3) is 3.18. The van der Waals surface area contributed by atoms with E-state index in [9.17, 15) is 0 Å². The molecule has 41 heavy (non-hydrogen) atoms. The van der Waals surface area contributed by atoms with Crippen molar-refractivity contribution in [3.63, 3.8) is 0 Å². The van der Waals surface area contributed by atoms with Crippen molar-refractivity contribution in [2.75, 3.05) is 0 Å². The van der Waals surface area contributed by atoms with Crippen molar-refractivity contribution in [1.29, 1.82) is 0 Å². The van der Waals surface area contributed by atoms with E-state index >= 15 is 0 Å². The van der Waals surface area contributed by atoms with Gasteiger partial charge < -0.3 is 4.42 Å². The van der Waals surface area contributed by atoms with Crippen molar-refractivity contribution < 1.29 is 4.42 Å². The van der Waals surface area contributed by atoms with E-state index in [0.717, 1.165) is 11.2 Å². The summed E-state index contributed by atoms with van der Waals surface area (Å²) in [6.07, 6.45) is 0. The summed E-state index contributed by atoms with van der Waals surface area (Å²) in [4.78, 5) is 0. The fourth-order valence-electron chi connectivity index (χ4n) is 6.94. The average molecular weight is 521 g/mol. The second kappa shape index (κ2) is 8.55. The van der Waals surface area contributed by atoms with Gasteiger partial charge in [-0.05, 0) is 83.9 Å². The van der Waals surface area contributed by atoms with Crippen LogP contribution in [0.2, 0.25) is 0 Å². The van der Waals surface area contributed by atoms with Crippen LogP contribution in [0.25, 0.3) is 87.6 Å². The van der Waals surface area contributed by atoms with Gasteiger partial charge in [0, 0.05) is 10.8 Å². The molecule has 0 aliphatic heterocycles. The molecule has 0 aliphatic carbocycles. The Kier molecular flexibility index (Phi) is 4.67. The van der Waals surface area contributed by atoms with Crippen molar-refractivity contribution in [2.45, 2.75) is 0 Å². The molecule has 9 aromatic rings. The summed E-state index contributed by atoms with van der Waals surface area (Å²) in [6.45, 7) is 0. The van der Waals surface area contributed by atoms with Gasteiger partial charge in [0.05, 0.1) is 0 Å². The molecule has 8 aromatic carbocycles. The molecule has 0 unspecified atom stereocenters. The van der Waals surface area contributed by atoms with Gasteiger partial charge in [0.25, 0.3) is 0 Å². The zero-order valence-corrected chi connectivity index (χ0v) is 22.3. The van der Waals surface area contributed by atoms with Crippen LogP contribution >= 0.6 is 0 Å². The van der Waals surface area contributed by atoms with E-state index in [1.165, 1.54) is 76.5 Å². The van der Waals surface area contributed by atoms with Crippen LogP contribution in [-0.4, -0.2) is 0 Å². The van der Waals surface area contributed by atoms with Gasteiger partial charge in [-0.2, -0.15) is 0 Å². The predicted molar refractivity (Wildman–Crippen MR) is 174 cm³/mol. The molecular formula is C40H24O. The van der Waals surface area contributed by atoms with Crippen LogP contribution in [0, 0.1) is 0 Å². The van der Waals surface area contributed by atoms with Crippen molar-refractivity contribution in [1.82, 2.24) is 0 Å². The normalized spacial score (nSPS) is 11.9. The van der Waals surface area contributed by atoms with E-state index in [1.54, 1.807) is 0 Å². The Labute approximate surface area is 237 Å². The quantitative estimate of drug-likeness (QED) is 0.167.